The summed E-state index contributed by atoms with van der Waals surface area (Å²) in [5, 5.41) is 5.42. The smallest absolute Gasteiger partial charge is 0.262 e. The maximum Gasteiger partial charge on any atom is 0.262 e. The Labute approximate surface area is 161 Å². The van der Waals surface area contributed by atoms with Gasteiger partial charge in [0.15, 0.2) is 0 Å². The van der Waals surface area contributed by atoms with E-state index < -0.39 is 0 Å². The number of hydrogen-bond donors (Lipinski definition) is 1. The zero-order valence-electron chi connectivity index (χ0n) is 15.7. The highest BCUT2D eigenvalue weighted by molar-refractivity contribution is 7.17. The van der Waals surface area contributed by atoms with Crippen molar-refractivity contribution in [1.82, 2.24) is 14.9 Å². The molecule has 0 aliphatic rings. The van der Waals surface area contributed by atoms with Gasteiger partial charge < -0.3 is 10.1 Å². The Bertz CT molecular complexity index is 992. The number of carbonyl (C=O) groups excluding carboxylic acids is 1. The fraction of sp³-hybridized carbons (Fsp3) is 0.350. The summed E-state index contributed by atoms with van der Waals surface area (Å²) in [6, 6.07) is 8.01. The summed E-state index contributed by atoms with van der Waals surface area (Å²) in [6.45, 7) is 4.65. The summed E-state index contributed by atoms with van der Waals surface area (Å²) in [4.78, 5) is 30.1. The molecule has 0 fully saturated rings. The normalized spacial score (nSPS) is 12.3. The zero-order chi connectivity index (χ0) is 19.4. The monoisotopic (exact) mass is 385 g/mol. The first-order valence-corrected chi connectivity index (χ1v) is 9.69. The van der Waals surface area contributed by atoms with E-state index in [1.807, 2.05) is 43.5 Å². The molecule has 2 heterocycles. The first-order chi connectivity index (χ1) is 13.0. The van der Waals surface area contributed by atoms with Crippen molar-refractivity contribution in [3.63, 3.8) is 0 Å². The summed E-state index contributed by atoms with van der Waals surface area (Å²) < 4.78 is 6.52. The number of rotatable bonds is 7. The lowest BCUT2D eigenvalue weighted by Gasteiger charge is -2.13. The molecular weight excluding hydrogens is 362 g/mol. The summed E-state index contributed by atoms with van der Waals surface area (Å²) in [7, 11) is 1.59. The molecule has 0 aliphatic heterocycles. The molecule has 3 rings (SSSR count). The minimum atomic E-state index is -0.116. The Morgan fingerprint density at radius 1 is 1.33 bits per heavy atom. The van der Waals surface area contributed by atoms with Gasteiger partial charge in [-0.25, -0.2) is 4.98 Å². The van der Waals surface area contributed by atoms with E-state index in [-0.39, 0.29) is 30.5 Å². The molecule has 0 bridgehead atoms. The Hall–Kier alpha value is -2.51. The number of aromatic nitrogens is 2. The lowest BCUT2D eigenvalue weighted by atomic mass is 10.1. The van der Waals surface area contributed by atoms with Crippen LogP contribution in [0.1, 0.15) is 18.9 Å². The predicted molar refractivity (Wildman–Crippen MR) is 108 cm³/mol. The Kier molecular flexibility index (Phi) is 6.03. The molecule has 0 saturated heterocycles. The van der Waals surface area contributed by atoms with E-state index in [4.69, 9.17) is 4.74 Å². The number of thiophene rings is 1. The number of nitrogens with zero attached hydrogens (tertiary/aromatic N) is 2. The molecule has 6 nitrogen and oxygen atoms in total. The van der Waals surface area contributed by atoms with Gasteiger partial charge in [0.05, 0.1) is 18.3 Å². The van der Waals surface area contributed by atoms with Crippen LogP contribution in [0, 0.1) is 6.92 Å². The lowest BCUT2D eigenvalue weighted by Crippen LogP contribution is -2.36. The second-order valence-electron chi connectivity index (χ2n) is 6.61. The SMILES string of the molecule is COCC(C)NC(=O)CCn1cnc2scc(-c3ccc(C)cc3)c2c1=O. The molecule has 1 atom stereocenters. The number of hydrogen-bond acceptors (Lipinski definition) is 5. The zero-order valence-corrected chi connectivity index (χ0v) is 16.5. The number of amides is 1. The molecule has 3 aromatic rings. The molecule has 0 aliphatic carbocycles. The minimum Gasteiger partial charge on any atom is -0.383 e. The predicted octanol–water partition coefficient (Wildman–Crippen LogP) is 2.97. The van der Waals surface area contributed by atoms with Gasteiger partial charge in [-0.15, -0.1) is 11.3 Å². The van der Waals surface area contributed by atoms with Crippen LogP contribution < -0.4 is 10.9 Å². The van der Waals surface area contributed by atoms with Gasteiger partial charge in [0.2, 0.25) is 5.91 Å². The van der Waals surface area contributed by atoms with E-state index >= 15 is 0 Å². The molecule has 1 N–H and O–H groups in total. The van der Waals surface area contributed by atoms with Crippen LogP contribution in [0.15, 0.2) is 40.8 Å². The van der Waals surface area contributed by atoms with Crippen molar-refractivity contribution in [3.05, 3.63) is 51.9 Å². The van der Waals surface area contributed by atoms with Gasteiger partial charge in [-0.3, -0.25) is 14.2 Å². The van der Waals surface area contributed by atoms with Crippen molar-refractivity contribution in [3.8, 4) is 11.1 Å². The minimum absolute atomic E-state index is 0.0650. The van der Waals surface area contributed by atoms with Gasteiger partial charge in [0.25, 0.3) is 5.56 Å². The number of aryl methyl sites for hydroxylation is 2. The first kappa shape index (κ1) is 19.3. The Morgan fingerprint density at radius 2 is 2.07 bits per heavy atom. The van der Waals surface area contributed by atoms with Crippen molar-refractivity contribution in [1.29, 1.82) is 0 Å². The van der Waals surface area contributed by atoms with Crippen LogP contribution in [0.3, 0.4) is 0 Å². The highest BCUT2D eigenvalue weighted by Crippen LogP contribution is 2.30. The first-order valence-electron chi connectivity index (χ1n) is 8.81. The molecule has 0 radical (unpaired) electrons. The molecule has 1 aromatic carbocycles. The molecule has 0 spiro atoms. The standard InChI is InChI=1S/C20H23N3O3S/c1-13-4-6-15(7-5-13)16-11-27-19-18(16)20(25)23(12-21-19)9-8-17(24)22-14(2)10-26-3/h4-7,11-12,14H,8-10H2,1-3H3,(H,22,24). The Balaban J connectivity index is 1.82. The third kappa shape index (κ3) is 4.43. The average molecular weight is 385 g/mol. The second-order valence-corrected chi connectivity index (χ2v) is 7.47. The average Bonchev–Trinajstić information content (AvgIpc) is 3.07. The quantitative estimate of drug-likeness (QED) is 0.679. The lowest BCUT2D eigenvalue weighted by molar-refractivity contribution is -0.122. The maximum atomic E-state index is 13.0. The van der Waals surface area contributed by atoms with Crippen LogP contribution >= 0.6 is 11.3 Å². The molecule has 27 heavy (non-hydrogen) atoms. The third-order valence-corrected chi connectivity index (χ3v) is 5.21. The second kappa shape index (κ2) is 8.45. The number of ether oxygens (including phenoxy) is 1. The van der Waals surface area contributed by atoms with Crippen LogP contribution in [0.4, 0.5) is 0 Å². The highest BCUT2D eigenvalue weighted by atomic mass is 32.1. The number of methoxy groups -OCH3 is 1. The number of nitrogens with one attached hydrogen (secondary N) is 1. The number of fused-ring (bicyclic) bond motifs is 1. The summed E-state index contributed by atoms with van der Waals surface area (Å²) in [5.41, 5.74) is 2.94. The topological polar surface area (TPSA) is 73.2 Å². The third-order valence-electron chi connectivity index (χ3n) is 4.33. The van der Waals surface area contributed by atoms with E-state index in [0.29, 0.717) is 16.8 Å². The van der Waals surface area contributed by atoms with Crippen molar-refractivity contribution in [2.24, 2.45) is 0 Å². The fourth-order valence-corrected chi connectivity index (χ4v) is 3.84. The van der Waals surface area contributed by atoms with E-state index in [0.717, 1.165) is 11.1 Å². The summed E-state index contributed by atoms with van der Waals surface area (Å²) >= 11 is 1.46. The Morgan fingerprint density at radius 3 is 2.78 bits per heavy atom. The van der Waals surface area contributed by atoms with Crippen LogP contribution in [-0.2, 0) is 16.1 Å². The van der Waals surface area contributed by atoms with E-state index in [1.54, 1.807) is 7.11 Å². The number of carbonyl (C=O) groups is 1. The molecule has 7 heteroatoms. The van der Waals surface area contributed by atoms with Gasteiger partial charge in [-0.2, -0.15) is 0 Å². The molecule has 142 valence electrons. The van der Waals surface area contributed by atoms with Crippen molar-refractivity contribution >= 4 is 27.5 Å². The molecule has 2 aromatic heterocycles. The van der Waals surface area contributed by atoms with Crippen LogP contribution in [-0.4, -0.2) is 35.2 Å². The van der Waals surface area contributed by atoms with E-state index in [2.05, 4.69) is 10.3 Å². The number of benzene rings is 1. The van der Waals surface area contributed by atoms with Crippen LogP contribution in [0.2, 0.25) is 0 Å². The van der Waals surface area contributed by atoms with Crippen molar-refractivity contribution < 1.29 is 9.53 Å². The summed E-state index contributed by atoms with van der Waals surface area (Å²) in [5.74, 6) is -0.115. The van der Waals surface area contributed by atoms with Gasteiger partial charge in [-0.1, -0.05) is 29.8 Å². The molecule has 0 saturated carbocycles. The van der Waals surface area contributed by atoms with E-state index in [1.165, 1.54) is 27.8 Å². The molecule has 1 amide bonds. The van der Waals surface area contributed by atoms with Gasteiger partial charge in [-0.05, 0) is 19.4 Å². The van der Waals surface area contributed by atoms with Gasteiger partial charge >= 0.3 is 0 Å². The fourth-order valence-electron chi connectivity index (χ4n) is 2.93. The van der Waals surface area contributed by atoms with Gasteiger partial charge in [0, 0.05) is 37.1 Å². The maximum absolute atomic E-state index is 13.0. The van der Waals surface area contributed by atoms with Crippen molar-refractivity contribution in [2.45, 2.75) is 32.9 Å². The van der Waals surface area contributed by atoms with Crippen LogP contribution in [0.5, 0.6) is 0 Å². The van der Waals surface area contributed by atoms with E-state index in [9.17, 15) is 9.59 Å². The molecular formula is C20H23N3O3S. The summed E-state index contributed by atoms with van der Waals surface area (Å²) in [6.07, 6.45) is 1.73. The van der Waals surface area contributed by atoms with Crippen molar-refractivity contribution in [2.75, 3.05) is 13.7 Å². The van der Waals surface area contributed by atoms with Crippen LogP contribution in [0.25, 0.3) is 21.3 Å². The largest absolute Gasteiger partial charge is 0.383 e. The highest BCUT2D eigenvalue weighted by Gasteiger charge is 2.14. The molecule has 1 unspecified atom stereocenters. The van der Waals surface area contributed by atoms with Gasteiger partial charge in [0.1, 0.15) is 4.83 Å².